The molecule has 0 aromatic heterocycles. The Hall–Kier alpha value is -3.17. The minimum absolute atomic E-state index is 0.00440. The van der Waals surface area contributed by atoms with Gasteiger partial charge in [0.05, 0.1) is 11.1 Å². The van der Waals surface area contributed by atoms with E-state index in [0.717, 1.165) is 5.56 Å². The lowest BCUT2D eigenvalue weighted by Crippen LogP contribution is -2.44. The fraction of sp³-hybridized carbons (Fsp3) is 0.273. The van der Waals surface area contributed by atoms with Crippen LogP contribution in [0.3, 0.4) is 0 Å². The van der Waals surface area contributed by atoms with Crippen molar-refractivity contribution in [2.24, 2.45) is 5.73 Å². The van der Waals surface area contributed by atoms with Crippen molar-refractivity contribution in [3.63, 3.8) is 0 Å². The summed E-state index contributed by atoms with van der Waals surface area (Å²) in [6, 6.07) is 15.0. The summed E-state index contributed by atoms with van der Waals surface area (Å²) in [5.41, 5.74) is 7.90. The molecule has 4 N–H and O–H groups in total. The highest BCUT2D eigenvalue weighted by Gasteiger charge is 2.15. The summed E-state index contributed by atoms with van der Waals surface area (Å²) in [7, 11) is 0. The van der Waals surface area contributed by atoms with Crippen LogP contribution in [0.5, 0.6) is 0 Å². The lowest BCUT2D eigenvalue weighted by atomic mass is 10.1. The minimum Gasteiger partial charge on any atom is -0.402 e. The number of non-ortho nitro benzene ring substituents is 1. The molecule has 0 unspecified atom stereocenters. The molecule has 164 valence electrons. The molecule has 0 aliphatic carbocycles. The number of nitrogens with zero attached hydrogens (tertiary/aromatic N) is 1. The molecule has 2 aromatic carbocycles. The summed E-state index contributed by atoms with van der Waals surface area (Å²) in [4.78, 5) is 35.0. The van der Waals surface area contributed by atoms with Crippen LogP contribution in [0.2, 0.25) is 0 Å². The van der Waals surface area contributed by atoms with Crippen LogP contribution in [0.4, 0.5) is 5.69 Å². The molecule has 0 spiro atoms. The van der Waals surface area contributed by atoms with Crippen molar-refractivity contribution >= 4 is 29.3 Å². The third kappa shape index (κ3) is 8.61. The number of allylic oxidation sites excluding steroid dienone is 1. The van der Waals surface area contributed by atoms with Crippen LogP contribution in [0, 0.1) is 10.1 Å². The molecule has 0 fully saturated rings. The summed E-state index contributed by atoms with van der Waals surface area (Å²) < 4.78 is 3.13. The number of carbonyl (C=O) groups is 2. The number of nitro benzene ring substituents is 1. The Morgan fingerprint density at radius 1 is 1.13 bits per heavy atom. The molecule has 1 amide bonds. The zero-order valence-corrected chi connectivity index (χ0v) is 18.1. The zero-order chi connectivity index (χ0) is 22.6. The average molecular weight is 443 g/mol. The third-order valence-electron chi connectivity index (χ3n) is 4.43. The Labute approximate surface area is 185 Å². The molecule has 0 saturated heterocycles. The van der Waals surface area contributed by atoms with Gasteiger partial charge in [0, 0.05) is 48.1 Å². The maximum atomic E-state index is 12.4. The smallest absolute Gasteiger partial charge is 0.269 e. The predicted molar refractivity (Wildman–Crippen MR) is 122 cm³/mol. The van der Waals surface area contributed by atoms with Crippen LogP contribution in [0.15, 0.2) is 65.7 Å². The van der Waals surface area contributed by atoms with Gasteiger partial charge >= 0.3 is 0 Å². The first-order valence-electron chi connectivity index (χ1n) is 9.85. The molecule has 1 atom stereocenters. The van der Waals surface area contributed by atoms with Crippen molar-refractivity contribution in [3.05, 3.63) is 86.9 Å². The molecule has 0 aliphatic rings. The summed E-state index contributed by atoms with van der Waals surface area (Å²) in [6.45, 7) is 1.94. The van der Waals surface area contributed by atoms with Crippen molar-refractivity contribution in [3.8, 4) is 0 Å². The van der Waals surface area contributed by atoms with Gasteiger partial charge in [-0.15, -0.1) is 0 Å². The van der Waals surface area contributed by atoms with E-state index in [1.165, 1.54) is 24.1 Å². The van der Waals surface area contributed by atoms with Gasteiger partial charge in [0.2, 0.25) is 5.91 Å². The number of amides is 1. The van der Waals surface area contributed by atoms with Gasteiger partial charge in [-0.3, -0.25) is 19.7 Å². The van der Waals surface area contributed by atoms with Gasteiger partial charge in [-0.25, -0.2) is 4.72 Å². The van der Waals surface area contributed by atoms with Gasteiger partial charge in [-0.1, -0.05) is 49.4 Å². The highest BCUT2D eigenvalue weighted by Crippen LogP contribution is 2.14. The number of hydrogen-bond donors (Lipinski definition) is 3. The van der Waals surface area contributed by atoms with E-state index in [2.05, 4.69) is 10.0 Å². The van der Waals surface area contributed by atoms with Gasteiger partial charge in [0.1, 0.15) is 0 Å². The van der Waals surface area contributed by atoms with Gasteiger partial charge in [-0.2, -0.15) is 0 Å². The van der Waals surface area contributed by atoms with E-state index in [1.807, 2.05) is 13.0 Å². The Morgan fingerprint density at radius 3 is 2.42 bits per heavy atom. The molecule has 2 rings (SSSR count). The lowest BCUT2D eigenvalue weighted by molar-refractivity contribution is -0.384. The third-order valence-corrected chi connectivity index (χ3v) is 5.27. The lowest BCUT2D eigenvalue weighted by Gasteiger charge is -2.19. The number of carbonyl (C=O) groups excluding carboxylic acids is 2. The monoisotopic (exact) mass is 442 g/mol. The van der Waals surface area contributed by atoms with Gasteiger partial charge in [0.15, 0.2) is 5.78 Å². The van der Waals surface area contributed by atoms with E-state index in [-0.39, 0.29) is 30.2 Å². The van der Waals surface area contributed by atoms with Gasteiger partial charge in [0.25, 0.3) is 5.69 Å². The number of rotatable bonds is 12. The molecule has 0 bridgehead atoms. The maximum absolute atomic E-state index is 12.4. The first-order chi connectivity index (χ1) is 14.9. The first-order valence-corrected chi connectivity index (χ1v) is 10.7. The van der Waals surface area contributed by atoms with Crippen molar-refractivity contribution < 1.29 is 14.5 Å². The number of hydrogen-bond acceptors (Lipinski definition) is 7. The van der Waals surface area contributed by atoms with Crippen LogP contribution in [0.25, 0.3) is 0 Å². The van der Waals surface area contributed by atoms with Crippen molar-refractivity contribution in [2.45, 2.75) is 38.8 Å². The Morgan fingerprint density at radius 2 is 1.81 bits per heavy atom. The predicted octanol–water partition coefficient (Wildman–Crippen LogP) is 3.69. The number of nitrogens with two attached hydrogens (primary N) is 1. The van der Waals surface area contributed by atoms with E-state index in [1.54, 1.807) is 41.8 Å². The number of ketones is 1. The molecule has 0 heterocycles. The van der Waals surface area contributed by atoms with Crippen LogP contribution >= 0.6 is 11.9 Å². The highest BCUT2D eigenvalue weighted by molar-refractivity contribution is 8.00. The molecule has 0 radical (unpaired) electrons. The van der Waals surface area contributed by atoms with Crippen LogP contribution < -0.4 is 15.8 Å². The standard InChI is InChI=1S/C22H26N4O4S/c1-2-18(23)15-31-25-21(14-16-8-10-19(11-9-16)26(29)30)24-22(28)13-12-20(27)17-6-4-3-5-7-17/h3-11,15,21,25H,2,12-14,23H2,1H3,(H,24,28)/b18-15-/t21-/m1/s1. The normalized spacial score (nSPS) is 12.2. The SMILES string of the molecule is CC/C(N)=C/SN[C@H](Cc1ccc([N+](=O)[O-])cc1)NC(=O)CCC(=O)c1ccccc1. The van der Waals surface area contributed by atoms with Crippen molar-refractivity contribution in [2.75, 3.05) is 0 Å². The second-order valence-electron chi connectivity index (χ2n) is 6.82. The molecule has 2 aromatic rings. The Bertz CT molecular complexity index is 917. The average Bonchev–Trinajstić information content (AvgIpc) is 2.78. The number of nitrogens with one attached hydrogen (secondary N) is 2. The van der Waals surface area contributed by atoms with Gasteiger partial charge in [-0.05, 0) is 23.9 Å². The van der Waals surface area contributed by atoms with Crippen LogP contribution in [-0.4, -0.2) is 22.8 Å². The highest BCUT2D eigenvalue weighted by atomic mass is 32.2. The Kier molecular flexibility index (Phi) is 9.73. The Balaban J connectivity index is 1.97. The number of benzene rings is 2. The fourth-order valence-corrected chi connectivity index (χ4v) is 3.34. The largest absolute Gasteiger partial charge is 0.402 e. The molecule has 31 heavy (non-hydrogen) atoms. The molecule has 0 aliphatic heterocycles. The summed E-state index contributed by atoms with van der Waals surface area (Å²) in [5, 5.41) is 15.5. The van der Waals surface area contributed by atoms with E-state index in [0.29, 0.717) is 24.1 Å². The van der Waals surface area contributed by atoms with Crippen molar-refractivity contribution in [1.29, 1.82) is 0 Å². The zero-order valence-electron chi connectivity index (χ0n) is 17.2. The molecule has 0 saturated carbocycles. The second kappa shape index (κ2) is 12.5. The maximum Gasteiger partial charge on any atom is 0.269 e. The number of nitro groups is 1. The summed E-state index contributed by atoms with van der Waals surface area (Å²) in [6.07, 6.45) is 0.824. The van der Waals surface area contributed by atoms with Crippen LogP contribution in [0.1, 0.15) is 42.1 Å². The van der Waals surface area contributed by atoms with Crippen molar-refractivity contribution in [1.82, 2.24) is 10.0 Å². The molecular weight excluding hydrogens is 416 g/mol. The molecule has 8 nitrogen and oxygen atoms in total. The fourth-order valence-electron chi connectivity index (χ4n) is 2.65. The topological polar surface area (TPSA) is 127 Å². The van der Waals surface area contributed by atoms with Crippen LogP contribution in [-0.2, 0) is 11.2 Å². The second-order valence-corrected chi connectivity index (χ2v) is 7.53. The summed E-state index contributed by atoms with van der Waals surface area (Å²) in [5.74, 6) is -0.361. The van der Waals surface area contributed by atoms with E-state index >= 15 is 0 Å². The minimum atomic E-state index is -0.459. The van der Waals surface area contributed by atoms with Gasteiger partial charge < -0.3 is 11.1 Å². The molecular formula is C22H26N4O4S. The number of Topliss-reactive ketones (excluding diaryl/α,β-unsaturated/α-hetero) is 1. The quantitative estimate of drug-likeness (QED) is 0.150. The van der Waals surface area contributed by atoms with E-state index < -0.39 is 11.1 Å². The first kappa shape index (κ1) is 24.1. The summed E-state index contributed by atoms with van der Waals surface area (Å²) >= 11 is 1.26. The van der Waals surface area contributed by atoms with E-state index in [4.69, 9.17) is 5.73 Å². The molecule has 9 heteroatoms. The van der Waals surface area contributed by atoms with E-state index in [9.17, 15) is 19.7 Å².